The SMILES string of the molecule is CCCNC(=O)C(Cc1ccccc1)N(Cc1ccccc1F)C(=O)CN(c1cc(OC)ccc1OC)S(=O)(=O)c1ccccc1. The lowest BCUT2D eigenvalue weighted by molar-refractivity contribution is -0.140. The summed E-state index contributed by atoms with van der Waals surface area (Å²) < 4.78 is 55.3. The number of benzene rings is 4. The van der Waals surface area contributed by atoms with E-state index in [0.717, 1.165) is 9.87 Å². The van der Waals surface area contributed by atoms with Gasteiger partial charge in [0.25, 0.3) is 10.0 Å². The number of ether oxygens (including phenoxy) is 2. The minimum absolute atomic E-state index is 0.0555. The van der Waals surface area contributed by atoms with E-state index in [1.807, 2.05) is 37.3 Å². The molecule has 46 heavy (non-hydrogen) atoms. The lowest BCUT2D eigenvalue weighted by atomic mass is 10.0. The Labute approximate surface area is 269 Å². The molecule has 0 aliphatic rings. The first kappa shape index (κ1) is 34.0. The summed E-state index contributed by atoms with van der Waals surface area (Å²) in [4.78, 5) is 29.4. The van der Waals surface area contributed by atoms with Gasteiger partial charge in [-0.3, -0.25) is 13.9 Å². The van der Waals surface area contributed by atoms with Crippen LogP contribution >= 0.6 is 0 Å². The van der Waals surface area contributed by atoms with Crippen LogP contribution < -0.4 is 19.1 Å². The molecule has 1 unspecified atom stereocenters. The van der Waals surface area contributed by atoms with Gasteiger partial charge in [0.1, 0.15) is 29.9 Å². The van der Waals surface area contributed by atoms with Gasteiger partial charge in [0, 0.05) is 31.1 Å². The van der Waals surface area contributed by atoms with Crippen LogP contribution in [0.3, 0.4) is 0 Å². The Morgan fingerprint density at radius 2 is 1.52 bits per heavy atom. The molecule has 0 bridgehead atoms. The van der Waals surface area contributed by atoms with Gasteiger partial charge in [0.2, 0.25) is 11.8 Å². The van der Waals surface area contributed by atoms with Gasteiger partial charge in [-0.05, 0) is 42.3 Å². The van der Waals surface area contributed by atoms with Crippen molar-refractivity contribution in [1.29, 1.82) is 0 Å². The number of hydrogen-bond donors (Lipinski definition) is 1. The van der Waals surface area contributed by atoms with Crippen LogP contribution in [-0.4, -0.2) is 58.5 Å². The lowest BCUT2D eigenvalue weighted by Crippen LogP contribution is -2.53. The molecule has 11 heteroatoms. The van der Waals surface area contributed by atoms with Gasteiger partial charge in [0.05, 0.1) is 24.8 Å². The average molecular weight is 648 g/mol. The Kier molecular flexibility index (Phi) is 11.7. The fourth-order valence-electron chi connectivity index (χ4n) is 4.95. The second-order valence-electron chi connectivity index (χ2n) is 10.5. The van der Waals surface area contributed by atoms with E-state index in [2.05, 4.69) is 5.32 Å². The van der Waals surface area contributed by atoms with Gasteiger partial charge < -0.3 is 19.7 Å². The molecule has 2 amide bonds. The van der Waals surface area contributed by atoms with Crippen molar-refractivity contribution in [3.63, 3.8) is 0 Å². The van der Waals surface area contributed by atoms with Gasteiger partial charge >= 0.3 is 0 Å². The third-order valence-corrected chi connectivity index (χ3v) is 9.16. The summed E-state index contributed by atoms with van der Waals surface area (Å²) in [5, 5.41) is 2.87. The van der Waals surface area contributed by atoms with E-state index in [9.17, 15) is 18.0 Å². The zero-order chi connectivity index (χ0) is 33.1. The predicted molar refractivity (Wildman–Crippen MR) is 175 cm³/mol. The number of sulfonamides is 1. The third-order valence-electron chi connectivity index (χ3n) is 7.38. The number of methoxy groups -OCH3 is 2. The van der Waals surface area contributed by atoms with E-state index in [1.54, 1.807) is 36.4 Å². The molecule has 0 aromatic heterocycles. The molecule has 0 aliphatic heterocycles. The summed E-state index contributed by atoms with van der Waals surface area (Å²) in [5.74, 6) is -1.21. The molecule has 0 saturated heterocycles. The summed E-state index contributed by atoms with van der Waals surface area (Å²) in [5.41, 5.74) is 1.00. The quantitative estimate of drug-likeness (QED) is 0.190. The normalized spacial score (nSPS) is 11.7. The molecule has 1 atom stereocenters. The fraction of sp³-hybridized carbons (Fsp3) is 0.257. The minimum Gasteiger partial charge on any atom is -0.497 e. The Morgan fingerprint density at radius 1 is 0.870 bits per heavy atom. The van der Waals surface area contributed by atoms with Gasteiger partial charge in [-0.2, -0.15) is 0 Å². The van der Waals surface area contributed by atoms with E-state index in [-0.39, 0.29) is 34.9 Å². The van der Waals surface area contributed by atoms with Crippen molar-refractivity contribution in [1.82, 2.24) is 10.2 Å². The van der Waals surface area contributed by atoms with Gasteiger partial charge in [-0.25, -0.2) is 12.8 Å². The number of amides is 2. The van der Waals surface area contributed by atoms with E-state index in [0.29, 0.717) is 18.7 Å². The molecular formula is C35H38FN3O6S. The summed E-state index contributed by atoms with van der Waals surface area (Å²) in [6.45, 7) is 1.27. The first-order valence-corrected chi connectivity index (χ1v) is 16.3. The standard InChI is InChI=1S/C35H38FN3O6S/c1-4-21-37-35(41)32(22-26-13-7-5-8-14-26)38(24-27-15-11-12-18-30(27)36)34(40)25-39(46(42,43)29-16-9-6-10-17-29)31-23-28(44-2)19-20-33(31)45-3/h5-20,23,32H,4,21-22,24-25H2,1-3H3,(H,37,41). The highest BCUT2D eigenvalue weighted by molar-refractivity contribution is 7.92. The Hall–Kier alpha value is -4.90. The number of nitrogens with one attached hydrogen (secondary N) is 1. The fourth-order valence-corrected chi connectivity index (χ4v) is 6.39. The molecule has 0 saturated carbocycles. The number of nitrogens with zero attached hydrogens (tertiary/aromatic N) is 2. The molecule has 4 rings (SSSR count). The summed E-state index contributed by atoms with van der Waals surface area (Å²) >= 11 is 0. The van der Waals surface area contributed by atoms with Gasteiger partial charge in [-0.15, -0.1) is 0 Å². The summed E-state index contributed by atoms with van der Waals surface area (Å²) in [7, 11) is -1.54. The number of rotatable bonds is 15. The second-order valence-corrected chi connectivity index (χ2v) is 12.3. The van der Waals surface area contributed by atoms with Crippen molar-refractivity contribution in [2.75, 3.05) is 31.6 Å². The first-order chi connectivity index (χ1) is 22.2. The molecule has 0 heterocycles. The van der Waals surface area contributed by atoms with E-state index < -0.39 is 40.2 Å². The molecule has 4 aromatic rings. The van der Waals surface area contributed by atoms with Crippen LogP contribution in [0, 0.1) is 5.82 Å². The van der Waals surface area contributed by atoms with Crippen LogP contribution in [-0.2, 0) is 32.6 Å². The highest BCUT2D eigenvalue weighted by atomic mass is 32.2. The molecule has 0 radical (unpaired) electrons. The summed E-state index contributed by atoms with van der Waals surface area (Å²) in [6, 6.07) is 26.3. The van der Waals surface area contributed by atoms with Crippen LogP contribution in [0.15, 0.2) is 108 Å². The second kappa shape index (κ2) is 15.9. The molecular weight excluding hydrogens is 609 g/mol. The zero-order valence-corrected chi connectivity index (χ0v) is 26.9. The highest BCUT2D eigenvalue weighted by Crippen LogP contribution is 2.36. The monoisotopic (exact) mass is 647 g/mol. The van der Waals surface area contributed by atoms with Gasteiger partial charge in [-0.1, -0.05) is 73.7 Å². The minimum atomic E-state index is -4.36. The molecule has 242 valence electrons. The zero-order valence-electron chi connectivity index (χ0n) is 26.1. The average Bonchev–Trinajstić information content (AvgIpc) is 3.08. The van der Waals surface area contributed by atoms with Crippen molar-refractivity contribution in [3.05, 3.63) is 120 Å². The van der Waals surface area contributed by atoms with Crippen molar-refractivity contribution in [2.45, 2.75) is 37.2 Å². The maximum atomic E-state index is 15.1. The van der Waals surface area contributed by atoms with Crippen LogP contribution in [0.1, 0.15) is 24.5 Å². The van der Waals surface area contributed by atoms with Crippen LogP contribution in [0.5, 0.6) is 11.5 Å². The largest absolute Gasteiger partial charge is 0.497 e. The number of carbonyl (C=O) groups excluding carboxylic acids is 2. The van der Waals surface area contributed by atoms with Gasteiger partial charge in [0.15, 0.2) is 0 Å². The van der Waals surface area contributed by atoms with E-state index in [1.165, 1.54) is 55.5 Å². The summed E-state index contributed by atoms with van der Waals surface area (Å²) in [6.07, 6.45) is 0.772. The molecule has 0 aliphatic carbocycles. The van der Waals surface area contributed by atoms with Crippen molar-refractivity contribution < 1.29 is 31.9 Å². The number of anilines is 1. The predicted octanol–water partition coefficient (Wildman–Crippen LogP) is 5.20. The topological polar surface area (TPSA) is 105 Å². The Bertz CT molecular complexity index is 1720. The van der Waals surface area contributed by atoms with E-state index >= 15 is 4.39 Å². The Morgan fingerprint density at radius 3 is 2.15 bits per heavy atom. The molecule has 0 fully saturated rings. The van der Waals surface area contributed by atoms with Crippen LogP contribution in [0.25, 0.3) is 0 Å². The van der Waals surface area contributed by atoms with Crippen LogP contribution in [0.2, 0.25) is 0 Å². The van der Waals surface area contributed by atoms with Crippen molar-refractivity contribution in [3.8, 4) is 11.5 Å². The molecule has 9 nitrogen and oxygen atoms in total. The third kappa shape index (κ3) is 8.22. The van der Waals surface area contributed by atoms with Crippen molar-refractivity contribution >= 4 is 27.5 Å². The molecule has 1 N–H and O–H groups in total. The number of halogens is 1. The molecule has 4 aromatic carbocycles. The van der Waals surface area contributed by atoms with Crippen molar-refractivity contribution in [2.24, 2.45) is 0 Å². The molecule has 0 spiro atoms. The number of hydrogen-bond acceptors (Lipinski definition) is 6. The highest BCUT2D eigenvalue weighted by Gasteiger charge is 2.36. The maximum Gasteiger partial charge on any atom is 0.264 e. The smallest absolute Gasteiger partial charge is 0.264 e. The Balaban J connectivity index is 1.86. The first-order valence-electron chi connectivity index (χ1n) is 14.8. The van der Waals surface area contributed by atoms with Crippen LogP contribution in [0.4, 0.5) is 10.1 Å². The maximum absolute atomic E-state index is 15.1. The van der Waals surface area contributed by atoms with E-state index in [4.69, 9.17) is 9.47 Å². The number of carbonyl (C=O) groups is 2. The lowest BCUT2D eigenvalue weighted by Gasteiger charge is -2.34.